The largest absolute Gasteiger partial charge is 0.354 e. The SMILES string of the molecule is CCNc1nc(SC(C)(C)C)c2ccsc2n1. The molecule has 3 nitrogen and oxygen atoms in total. The first-order chi connectivity index (χ1) is 7.99. The van der Waals surface area contributed by atoms with Crippen LogP contribution >= 0.6 is 23.1 Å². The highest BCUT2D eigenvalue weighted by Gasteiger charge is 2.17. The lowest BCUT2D eigenvalue weighted by Gasteiger charge is -2.17. The molecule has 5 heteroatoms. The van der Waals surface area contributed by atoms with Crippen LogP contribution in [0.1, 0.15) is 27.7 Å². The molecular formula is C12H17N3S2. The summed E-state index contributed by atoms with van der Waals surface area (Å²) in [4.78, 5) is 10.2. The highest BCUT2D eigenvalue weighted by Crippen LogP contribution is 2.36. The Kier molecular flexibility index (Phi) is 3.58. The Balaban J connectivity index is 2.47. The van der Waals surface area contributed by atoms with Gasteiger partial charge in [0.05, 0.1) is 0 Å². The third-order valence-electron chi connectivity index (χ3n) is 2.03. The molecule has 0 unspecified atom stereocenters. The number of rotatable bonds is 3. The minimum absolute atomic E-state index is 0.159. The molecule has 0 aliphatic carbocycles. The Bertz CT molecular complexity index is 514. The van der Waals surface area contributed by atoms with Crippen molar-refractivity contribution in [1.29, 1.82) is 0 Å². The molecule has 0 spiro atoms. The minimum atomic E-state index is 0.159. The van der Waals surface area contributed by atoms with Crippen LogP contribution in [-0.2, 0) is 0 Å². The highest BCUT2D eigenvalue weighted by molar-refractivity contribution is 8.00. The number of thiophene rings is 1. The molecule has 2 aromatic rings. The van der Waals surface area contributed by atoms with Gasteiger partial charge in [-0.25, -0.2) is 9.97 Å². The second-order valence-corrected chi connectivity index (χ2v) is 7.45. The summed E-state index contributed by atoms with van der Waals surface area (Å²) >= 11 is 3.45. The highest BCUT2D eigenvalue weighted by atomic mass is 32.2. The average Bonchev–Trinajstić information content (AvgIpc) is 2.63. The van der Waals surface area contributed by atoms with Crippen molar-refractivity contribution in [2.24, 2.45) is 0 Å². The van der Waals surface area contributed by atoms with Crippen LogP contribution < -0.4 is 5.32 Å². The molecule has 0 saturated carbocycles. The van der Waals surface area contributed by atoms with Gasteiger partial charge in [0.25, 0.3) is 0 Å². The fourth-order valence-electron chi connectivity index (χ4n) is 1.43. The predicted molar refractivity (Wildman–Crippen MR) is 77.2 cm³/mol. The van der Waals surface area contributed by atoms with Crippen molar-refractivity contribution in [3.8, 4) is 0 Å². The molecule has 92 valence electrons. The number of nitrogens with zero attached hydrogens (tertiary/aromatic N) is 2. The van der Waals surface area contributed by atoms with Crippen LogP contribution in [0.4, 0.5) is 5.95 Å². The van der Waals surface area contributed by atoms with E-state index in [2.05, 4.69) is 54.4 Å². The summed E-state index contributed by atoms with van der Waals surface area (Å²) in [5.41, 5.74) is 0. The number of hydrogen-bond donors (Lipinski definition) is 1. The molecule has 0 amide bonds. The van der Waals surface area contributed by atoms with E-state index < -0.39 is 0 Å². The van der Waals surface area contributed by atoms with Gasteiger partial charge >= 0.3 is 0 Å². The molecule has 1 N–H and O–H groups in total. The van der Waals surface area contributed by atoms with Gasteiger partial charge in [-0.15, -0.1) is 11.3 Å². The number of fused-ring (bicyclic) bond motifs is 1. The van der Waals surface area contributed by atoms with E-state index in [9.17, 15) is 0 Å². The van der Waals surface area contributed by atoms with E-state index in [1.54, 1.807) is 23.1 Å². The topological polar surface area (TPSA) is 37.8 Å². The van der Waals surface area contributed by atoms with Gasteiger partial charge in [-0.05, 0) is 18.4 Å². The van der Waals surface area contributed by atoms with Crippen molar-refractivity contribution in [2.45, 2.75) is 37.5 Å². The summed E-state index contributed by atoms with van der Waals surface area (Å²) in [5.74, 6) is 0.731. The van der Waals surface area contributed by atoms with Crippen molar-refractivity contribution in [3.05, 3.63) is 11.4 Å². The number of thioether (sulfide) groups is 1. The van der Waals surface area contributed by atoms with Gasteiger partial charge in [-0.2, -0.15) is 0 Å². The van der Waals surface area contributed by atoms with Crippen LogP contribution in [0.25, 0.3) is 10.2 Å². The molecule has 0 bridgehead atoms. The fraction of sp³-hybridized carbons (Fsp3) is 0.500. The number of anilines is 1. The molecule has 0 aromatic carbocycles. The van der Waals surface area contributed by atoms with E-state index in [1.165, 1.54) is 0 Å². The molecule has 0 saturated heterocycles. The summed E-state index contributed by atoms with van der Waals surface area (Å²) in [6, 6.07) is 2.10. The lowest BCUT2D eigenvalue weighted by Crippen LogP contribution is -2.09. The summed E-state index contributed by atoms with van der Waals surface area (Å²) < 4.78 is 0.159. The van der Waals surface area contributed by atoms with Crippen molar-refractivity contribution < 1.29 is 0 Å². The van der Waals surface area contributed by atoms with E-state index >= 15 is 0 Å². The average molecular weight is 267 g/mol. The van der Waals surface area contributed by atoms with E-state index in [0.717, 1.165) is 27.7 Å². The molecule has 2 aromatic heterocycles. The Hall–Kier alpha value is -0.810. The van der Waals surface area contributed by atoms with Gasteiger partial charge in [0.15, 0.2) is 0 Å². The van der Waals surface area contributed by atoms with Crippen molar-refractivity contribution >= 4 is 39.3 Å². The van der Waals surface area contributed by atoms with Gasteiger partial charge in [0, 0.05) is 16.7 Å². The second-order valence-electron chi connectivity index (χ2n) is 4.74. The summed E-state index contributed by atoms with van der Waals surface area (Å²) in [7, 11) is 0. The zero-order valence-electron chi connectivity index (χ0n) is 10.6. The summed E-state index contributed by atoms with van der Waals surface area (Å²) in [6.45, 7) is 9.50. The molecule has 2 rings (SSSR count). The molecule has 0 fully saturated rings. The lowest BCUT2D eigenvalue weighted by atomic mass is 10.3. The van der Waals surface area contributed by atoms with Crippen LogP contribution in [0.3, 0.4) is 0 Å². The Labute approximate surface area is 110 Å². The normalized spacial score (nSPS) is 12.0. The first kappa shape index (κ1) is 12.6. The Morgan fingerprint density at radius 3 is 2.76 bits per heavy atom. The molecule has 0 atom stereocenters. The Morgan fingerprint density at radius 2 is 2.12 bits per heavy atom. The van der Waals surface area contributed by atoms with Crippen LogP contribution in [0.5, 0.6) is 0 Å². The van der Waals surface area contributed by atoms with Gasteiger partial charge in [0.2, 0.25) is 5.95 Å². The molecule has 0 radical (unpaired) electrons. The zero-order valence-corrected chi connectivity index (χ0v) is 12.2. The van der Waals surface area contributed by atoms with Gasteiger partial charge in [-0.1, -0.05) is 32.5 Å². The molecule has 0 aliphatic heterocycles. The van der Waals surface area contributed by atoms with E-state index in [1.807, 2.05) is 0 Å². The van der Waals surface area contributed by atoms with Crippen molar-refractivity contribution in [3.63, 3.8) is 0 Å². The predicted octanol–water partition coefficient (Wildman–Crippen LogP) is 4.01. The van der Waals surface area contributed by atoms with Gasteiger partial charge in [-0.3, -0.25) is 0 Å². The maximum Gasteiger partial charge on any atom is 0.225 e. The molecular weight excluding hydrogens is 250 g/mol. The second kappa shape index (κ2) is 4.82. The molecule has 17 heavy (non-hydrogen) atoms. The lowest BCUT2D eigenvalue weighted by molar-refractivity contribution is 0.800. The zero-order chi connectivity index (χ0) is 12.5. The van der Waals surface area contributed by atoms with Crippen LogP contribution in [0, 0.1) is 0 Å². The summed E-state index contributed by atoms with van der Waals surface area (Å²) in [6.07, 6.45) is 0. The number of nitrogens with one attached hydrogen (secondary N) is 1. The monoisotopic (exact) mass is 267 g/mol. The van der Waals surface area contributed by atoms with Crippen molar-refractivity contribution in [2.75, 3.05) is 11.9 Å². The Morgan fingerprint density at radius 1 is 1.35 bits per heavy atom. The smallest absolute Gasteiger partial charge is 0.225 e. The maximum atomic E-state index is 4.60. The van der Waals surface area contributed by atoms with Gasteiger partial charge < -0.3 is 5.32 Å². The standard InChI is InChI=1S/C12H17N3S2/c1-5-13-11-14-9-8(6-7-16-9)10(15-11)17-12(2,3)4/h6-7H,5H2,1-4H3,(H,13,14,15). The third kappa shape index (κ3) is 3.10. The van der Waals surface area contributed by atoms with Gasteiger partial charge in [0.1, 0.15) is 9.86 Å². The summed E-state index contributed by atoms with van der Waals surface area (Å²) in [5, 5.41) is 7.49. The third-order valence-corrected chi connectivity index (χ3v) is 3.95. The first-order valence-corrected chi connectivity index (χ1v) is 7.37. The van der Waals surface area contributed by atoms with E-state index in [-0.39, 0.29) is 4.75 Å². The van der Waals surface area contributed by atoms with Crippen LogP contribution in [0.15, 0.2) is 16.5 Å². The number of aromatic nitrogens is 2. The minimum Gasteiger partial charge on any atom is -0.354 e. The van der Waals surface area contributed by atoms with Crippen LogP contribution in [-0.4, -0.2) is 21.3 Å². The van der Waals surface area contributed by atoms with E-state index in [0.29, 0.717) is 0 Å². The molecule has 0 aliphatic rings. The fourth-order valence-corrected chi connectivity index (χ4v) is 3.25. The maximum absolute atomic E-state index is 4.60. The van der Waals surface area contributed by atoms with Crippen molar-refractivity contribution in [1.82, 2.24) is 9.97 Å². The number of hydrogen-bond acceptors (Lipinski definition) is 5. The molecule has 2 heterocycles. The first-order valence-electron chi connectivity index (χ1n) is 5.68. The van der Waals surface area contributed by atoms with Crippen LogP contribution in [0.2, 0.25) is 0 Å². The van der Waals surface area contributed by atoms with E-state index in [4.69, 9.17) is 0 Å². The quantitative estimate of drug-likeness (QED) is 0.673.